The molecule has 7 heteroatoms. The summed E-state index contributed by atoms with van der Waals surface area (Å²) in [7, 11) is -1.21. The molecule has 0 aliphatic carbocycles. The van der Waals surface area contributed by atoms with E-state index >= 15 is 0 Å². The second-order valence-electron chi connectivity index (χ2n) is 3.41. The van der Waals surface area contributed by atoms with E-state index in [1.54, 1.807) is 0 Å². The molecule has 0 saturated heterocycles. The third-order valence-corrected chi connectivity index (χ3v) is 2.47. The lowest BCUT2D eigenvalue weighted by Crippen LogP contribution is -2.24. The van der Waals surface area contributed by atoms with Crippen LogP contribution in [0.1, 0.15) is 19.3 Å². The van der Waals surface area contributed by atoms with Crippen molar-refractivity contribution in [3.05, 3.63) is 0 Å². The summed E-state index contributed by atoms with van der Waals surface area (Å²) in [6.07, 6.45) is 2.96. The van der Waals surface area contributed by atoms with E-state index in [1.165, 1.54) is 0 Å². The molecule has 6 nitrogen and oxygen atoms in total. The number of hydrogen-bond acceptors (Lipinski definition) is 4. The maximum Gasteiger partial charge on any atom is 0.243 e. The Kier molecular flexibility index (Phi) is 10.7. The molecule has 1 unspecified atom stereocenters. The maximum absolute atomic E-state index is 10.5. The van der Waals surface area contributed by atoms with Crippen molar-refractivity contribution in [3.8, 4) is 0 Å². The number of nitrogens with one attached hydrogen (secondary N) is 1. The summed E-state index contributed by atoms with van der Waals surface area (Å²) in [6.45, 7) is 2.13. The molecule has 0 aromatic heterocycles. The van der Waals surface area contributed by atoms with Gasteiger partial charge in [-0.25, -0.2) is 4.21 Å². The fourth-order valence-electron chi connectivity index (χ4n) is 1.10. The largest absolute Gasteiger partial charge is 0.372 e. The predicted molar refractivity (Wildman–Crippen MR) is 63.9 cm³/mol. The number of amides is 1. The summed E-state index contributed by atoms with van der Waals surface area (Å²) in [4.78, 5) is 10.3. The van der Waals surface area contributed by atoms with Gasteiger partial charge in [0.15, 0.2) is 0 Å². The molecule has 1 atom stereocenters. The fourth-order valence-corrected chi connectivity index (χ4v) is 1.45. The van der Waals surface area contributed by atoms with Crippen molar-refractivity contribution < 1.29 is 13.7 Å². The van der Waals surface area contributed by atoms with E-state index in [1.807, 2.05) is 0 Å². The van der Waals surface area contributed by atoms with E-state index in [4.69, 9.17) is 15.6 Å². The van der Waals surface area contributed by atoms with Crippen LogP contribution < -0.4 is 16.2 Å². The van der Waals surface area contributed by atoms with Gasteiger partial charge in [0.2, 0.25) is 5.91 Å². The van der Waals surface area contributed by atoms with Gasteiger partial charge in [0.1, 0.15) is 6.61 Å². The number of ether oxygens (including phenoxy) is 1. The van der Waals surface area contributed by atoms with Crippen LogP contribution in [0.2, 0.25) is 0 Å². The summed E-state index contributed by atoms with van der Waals surface area (Å²) in [6, 6.07) is 0. The third-order valence-electron chi connectivity index (χ3n) is 1.87. The van der Waals surface area contributed by atoms with Crippen LogP contribution in [0.15, 0.2) is 0 Å². The molecule has 16 heavy (non-hydrogen) atoms. The van der Waals surface area contributed by atoms with Gasteiger partial charge >= 0.3 is 0 Å². The van der Waals surface area contributed by atoms with E-state index in [0.717, 1.165) is 25.8 Å². The van der Waals surface area contributed by atoms with Crippen molar-refractivity contribution >= 4 is 16.9 Å². The van der Waals surface area contributed by atoms with Gasteiger partial charge in [0, 0.05) is 13.2 Å². The van der Waals surface area contributed by atoms with Crippen LogP contribution in [0.3, 0.4) is 0 Å². The van der Waals surface area contributed by atoms with Gasteiger partial charge in [0.25, 0.3) is 0 Å². The average molecular weight is 251 g/mol. The first kappa shape index (κ1) is 15.5. The number of carbonyl (C=O) groups excluding carboxylic acids is 1. The van der Waals surface area contributed by atoms with Crippen molar-refractivity contribution in [1.29, 1.82) is 0 Å². The molecule has 0 radical (unpaired) electrons. The minimum Gasteiger partial charge on any atom is -0.372 e. The number of nitrogens with two attached hydrogens (primary N) is 2. The molecule has 0 rings (SSSR count). The Hall–Kier alpha value is -0.500. The zero-order chi connectivity index (χ0) is 12.2. The summed E-state index contributed by atoms with van der Waals surface area (Å²) in [5.41, 5.74) is 4.90. The Bertz CT molecular complexity index is 192. The lowest BCUT2D eigenvalue weighted by Gasteiger charge is -2.04. The molecule has 96 valence electrons. The van der Waals surface area contributed by atoms with E-state index in [9.17, 15) is 9.00 Å². The maximum atomic E-state index is 10.5. The monoisotopic (exact) mass is 251 g/mol. The molecule has 0 aliphatic rings. The average Bonchev–Trinajstić information content (AvgIpc) is 2.20. The lowest BCUT2D eigenvalue weighted by molar-refractivity contribution is -0.122. The molecule has 0 heterocycles. The van der Waals surface area contributed by atoms with Gasteiger partial charge in [-0.1, -0.05) is 0 Å². The molecule has 0 spiro atoms. The van der Waals surface area contributed by atoms with Crippen LogP contribution in [0, 0.1) is 0 Å². The molecular weight excluding hydrogens is 230 g/mol. The SMILES string of the molecule is NC(=O)COCCCCCNCCS(N)=O. The summed E-state index contributed by atoms with van der Waals surface area (Å²) >= 11 is 0. The Labute approximate surface area is 98.7 Å². The predicted octanol–water partition coefficient (Wildman–Crippen LogP) is -1.13. The van der Waals surface area contributed by atoms with Gasteiger partial charge in [-0.2, -0.15) is 0 Å². The van der Waals surface area contributed by atoms with E-state index in [0.29, 0.717) is 18.9 Å². The van der Waals surface area contributed by atoms with Gasteiger partial charge in [-0.05, 0) is 25.8 Å². The normalized spacial score (nSPS) is 12.6. The zero-order valence-electron chi connectivity index (χ0n) is 9.44. The van der Waals surface area contributed by atoms with Crippen LogP contribution in [-0.2, 0) is 20.5 Å². The zero-order valence-corrected chi connectivity index (χ0v) is 10.3. The molecule has 1 amide bonds. The second-order valence-corrected chi connectivity index (χ2v) is 4.58. The first-order valence-corrected chi connectivity index (χ1v) is 6.70. The topological polar surface area (TPSA) is 107 Å². The van der Waals surface area contributed by atoms with E-state index in [2.05, 4.69) is 5.32 Å². The first-order valence-electron chi connectivity index (χ1n) is 5.32. The van der Waals surface area contributed by atoms with Crippen molar-refractivity contribution in [2.75, 3.05) is 32.1 Å². The summed E-state index contributed by atoms with van der Waals surface area (Å²) in [5.74, 6) is 0.0540. The molecule has 0 bridgehead atoms. The smallest absolute Gasteiger partial charge is 0.243 e. The molecule has 0 aromatic carbocycles. The molecule has 5 N–H and O–H groups in total. The van der Waals surface area contributed by atoms with Crippen molar-refractivity contribution in [2.45, 2.75) is 19.3 Å². The van der Waals surface area contributed by atoms with E-state index < -0.39 is 16.9 Å². The number of rotatable bonds is 11. The molecular formula is C9H21N3O3S. The standard InChI is InChI=1S/C9H21N3O3S/c10-9(13)8-15-6-3-1-2-4-12-5-7-16(11)14/h12H,1-8,11H2,(H2,10,13). The summed E-state index contributed by atoms with van der Waals surface area (Å²) < 4.78 is 15.5. The highest BCUT2D eigenvalue weighted by atomic mass is 32.2. The molecule has 0 fully saturated rings. The van der Waals surface area contributed by atoms with Crippen LogP contribution in [0.4, 0.5) is 0 Å². The quantitative estimate of drug-likeness (QED) is 0.404. The Morgan fingerprint density at radius 3 is 2.62 bits per heavy atom. The Morgan fingerprint density at radius 2 is 2.00 bits per heavy atom. The molecule has 0 aliphatic heterocycles. The Morgan fingerprint density at radius 1 is 1.25 bits per heavy atom. The lowest BCUT2D eigenvalue weighted by atomic mass is 10.2. The molecule has 0 aromatic rings. The number of carbonyl (C=O) groups is 1. The van der Waals surface area contributed by atoms with Crippen molar-refractivity contribution in [3.63, 3.8) is 0 Å². The van der Waals surface area contributed by atoms with Crippen LogP contribution in [0.25, 0.3) is 0 Å². The number of primary amides is 1. The minimum absolute atomic E-state index is 0.000560. The van der Waals surface area contributed by atoms with Gasteiger partial charge in [-0.3, -0.25) is 9.93 Å². The Balaban J connectivity index is 2.98. The highest BCUT2D eigenvalue weighted by Gasteiger charge is 1.95. The van der Waals surface area contributed by atoms with Crippen LogP contribution in [0.5, 0.6) is 0 Å². The number of unbranched alkanes of at least 4 members (excludes halogenated alkanes) is 2. The fraction of sp³-hybridized carbons (Fsp3) is 0.889. The second kappa shape index (κ2) is 11.0. The third kappa shape index (κ3) is 13.5. The molecule has 0 saturated carbocycles. The van der Waals surface area contributed by atoms with E-state index in [-0.39, 0.29) is 6.61 Å². The van der Waals surface area contributed by atoms with Gasteiger partial charge in [-0.15, -0.1) is 0 Å². The minimum atomic E-state index is -1.21. The first-order chi connectivity index (χ1) is 7.63. The highest BCUT2D eigenvalue weighted by molar-refractivity contribution is 7.82. The van der Waals surface area contributed by atoms with Gasteiger partial charge in [0.05, 0.1) is 16.7 Å². The van der Waals surface area contributed by atoms with Gasteiger partial charge < -0.3 is 15.8 Å². The summed E-state index contributed by atoms with van der Waals surface area (Å²) in [5, 5.41) is 8.23. The van der Waals surface area contributed by atoms with Crippen LogP contribution >= 0.6 is 0 Å². The van der Waals surface area contributed by atoms with Crippen molar-refractivity contribution in [1.82, 2.24) is 5.32 Å². The van der Waals surface area contributed by atoms with Crippen molar-refractivity contribution in [2.24, 2.45) is 10.9 Å². The number of hydrogen-bond donors (Lipinski definition) is 3. The highest BCUT2D eigenvalue weighted by Crippen LogP contribution is 1.94. The van der Waals surface area contributed by atoms with Crippen LogP contribution in [-0.4, -0.2) is 42.2 Å².